The number of rotatable bonds is 7. The molecule has 0 saturated heterocycles. The summed E-state index contributed by atoms with van der Waals surface area (Å²) in [4.78, 5) is 24.8. The van der Waals surface area contributed by atoms with Crippen LogP contribution in [0.1, 0.15) is 41.0 Å². The average molecular weight is 447 g/mol. The van der Waals surface area contributed by atoms with E-state index in [1.807, 2.05) is 44.2 Å². The lowest BCUT2D eigenvalue weighted by Gasteiger charge is -2.24. The van der Waals surface area contributed by atoms with Crippen LogP contribution in [-0.2, 0) is 19.6 Å². The molecule has 0 spiro atoms. The third-order valence-corrected chi connectivity index (χ3v) is 5.58. The number of amides is 2. The van der Waals surface area contributed by atoms with Gasteiger partial charge in [-0.05, 0) is 56.4 Å². The van der Waals surface area contributed by atoms with Crippen LogP contribution in [0.4, 0.5) is 4.79 Å². The first-order valence-corrected chi connectivity index (χ1v) is 11.6. The standard InChI is InChI=1S/C23H30N2O5S/c1-16(2)15-20(24-22(27)30-23(3,4)5)21(26)25-31(28,29)19-13-11-18(12-14-19)17-9-7-6-8-10-17/h6-14,16,20H,15H2,1-5H3,(H,24,27)(H,25,26)/t20-/m0/s1. The molecule has 31 heavy (non-hydrogen) atoms. The third kappa shape index (κ3) is 7.71. The zero-order valence-electron chi connectivity index (χ0n) is 18.5. The molecule has 168 valence electrons. The monoisotopic (exact) mass is 446 g/mol. The largest absolute Gasteiger partial charge is 0.444 e. The van der Waals surface area contributed by atoms with Crippen LogP contribution in [0, 0.1) is 5.92 Å². The SMILES string of the molecule is CC(C)C[C@H](NC(=O)OC(C)(C)C)C(=O)NS(=O)(=O)c1ccc(-c2ccccc2)cc1. The van der Waals surface area contributed by atoms with Crippen molar-refractivity contribution in [2.75, 3.05) is 0 Å². The van der Waals surface area contributed by atoms with Gasteiger partial charge in [0.2, 0.25) is 0 Å². The van der Waals surface area contributed by atoms with Gasteiger partial charge in [0.15, 0.2) is 0 Å². The highest BCUT2D eigenvalue weighted by Gasteiger charge is 2.28. The van der Waals surface area contributed by atoms with E-state index in [2.05, 4.69) is 10.0 Å². The van der Waals surface area contributed by atoms with Gasteiger partial charge in [-0.1, -0.05) is 56.3 Å². The molecule has 0 fully saturated rings. The van der Waals surface area contributed by atoms with Gasteiger partial charge in [-0.2, -0.15) is 0 Å². The van der Waals surface area contributed by atoms with Crippen LogP contribution in [0.15, 0.2) is 59.5 Å². The fourth-order valence-electron chi connectivity index (χ4n) is 2.87. The normalized spacial score (nSPS) is 12.8. The fourth-order valence-corrected chi connectivity index (χ4v) is 3.89. The first kappa shape index (κ1) is 24.4. The third-order valence-electron chi connectivity index (χ3n) is 4.22. The summed E-state index contributed by atoms with van der Waals surface area (Å²) in [6.45, 7) is 8.84. The molecule has 8 heteroatoms. The van der Waals surface area contributed by atoms with E-state index in [9.17, 15) is 18.0 Å². The number of sulfonamides is 1. The molecular weight excluding hydrogens is 416 g/mol. The Balaban J connectivity index is 2.14. The Hall–Kier alpha value is -2.87. The van der Waals surface area contributed by atoms with Crippen LogP contribution in [0.5, 0.6) is 0 Å². The van der Waals surface area contributed by atoms with Gasteiger partial charge in [0.1, 0.15) is 11.6 Å². The van der Waals surface area contributed by atoms with Crippen molar-refractivity contribution in [3.05, 3.63) is 54.6 Å². The van der Waals surface area contributed by atoms with E-state index >= 15 is 0 Å². The molecule has 2 N–H and O–H groups in total. The summed E-state index contributed by atoms with van der Waals surface area (Å²) >= 11 is 0. The maximum absolute atomic E-state index is 12.7. The van der Waals surface area contributed by atoms with Crippen LogP contribution in [-0.4, -0.2) is 32.1 Å². The second-order valence-corrected chi connectivity index (χ2v) is 10.4. The van der Waals surface area contributed by atoms with Crippen LogP contribution < -0.4 is 10.0 Å². The highest BCUT2D eigenvalue weighted by Crippen LogP contribution is 2.21. The van der Waals surface area contributed by atoms with E-state index in [1.165, 1.54) is 12.1 Å². The molecule has 0 heterocycles. The van der Waals surface area contributed by atoms with Gasteiger partial charge in [-0.3, -0.25) is 4.79 Å². The molecule has 0 aliphatic heterocycles. The summed E-state index contributed by atoms with van der Waals surface area (Å²) in [7, 11) is -4.10. The molecule has 0 aliphatic rings. The molecule has 0 aliphatic carbocycles. The van der Waals surface area contributed by atoms with Gasteiger partial charge in [-0.25, -0.2) is 17.9 Å². The highest BCUT2D eigenvalue weighted by molar-refractivity contribution is 7.90. The van der Waals surface area contributed by atoms with Gasteiger partial charge in [-0.15, -0.1) is 0 Å². The van der Waals surface area contributed by atoms with Gasteiger partial charge >= 0.3 is 6.09 Å². The minimum atomic E-state index is -4.10. The van der Waals surface area contributed by atoms with Crippen molar-refractivity contribution in [2.45, 2.75) is 57.6 Å². The molecule has 0 saturated carbocycles. The smallest absolute Gasteiger partial charge is 0.408 e. The summed E-state index contributed by atoms with van der Waals surface area (Å²) in [5.41, 5.74) is 1.07. The van der Waals surface area contributed by atoms with E-state index in [0.29, 0.717) is 0 Å². The quantitative estimate of drug-likeness (QED) is 0.667. The average Bonchev–Trinajstić information content (AvgIpc) is 2.66. The lowest BCUT2D eigenvalue weighted by molar-refractivity contribution is -0.121. The lowest BCUT2D eigenvalue weighted by Crippen LogP contribution is -2.50. The van der Waals surface area contributed by atoms with Gasteiger partial charge < -0.3 is 10.1 Å². The first-order valence-electron chi connectivity index (χ1n) is 10.1. The van der Waals surface area contributed by atoms with Gasteiger partial charge in [0, 0.05) is 0 Å². The number of hydrogen-bond acceptors (Lipinski definition) is 5. The van der Waals surface area contributed by atoms with Gasteiger partial charge in [0.05, 0.1) is 4.90 Å². The van der Waals surface area contributed by atoms with Crippen LogP contribution in [0.25, 0.3) is 11.1 Å². The van der Waals surface area contributed by atoms with Crippen molar-refractivity contribution in [3.8, 4) is 11.1 Å². The zero-order chi connectivity index (χ0) is 23.2. The number of carbonyl (C=O) groups excluding carboxylic acids is 2. The number of nitrogens with one attached hydrogen (secondary N) is 2. The van der Waals surface area contributed by atoms with Crippen LogP contribution >= 0.6 is 0 Å². The Labute approximate surface area is 184 Å². The van der Waals surface area contributed by atoms with E-state index in [1.54, 1.807) is 32.9 Å². The van der Waals surface area contributed by atoms with E-state index in [0.717, 1.165) is 11.1 Å². The minimum Gasteiger partial charge on any atom is -0.444 e. The molecule has 2 aromatic rings. The topological polar surface area (TPSA) is 102 Å². The van der Waals surface area contributed by atoms with Crippen molar-refractivity contribution in [2.24, 2.45) is 5.92 Å². The summed E-state index contributed by atoms with van der Waals surface area (Å²) in [5, 5.41) is 2.47. The lowest BCUT2D eigenvalue weighted by atomic mass is 10.0. The number of carbonyl (C=O) groups is 2. The van der Waals surface area contributed by atoms with Crippen LogP contribution in [0.2, 0.25) is 0 Å². The van der Waals surface area contributed by atoms with Crippen molar-refractivity contribution in [1.82, 2.24) is 10.0 Å². The number of benzene rings is 2. The van der Waals surface area contributed by atoms with Crippen LogP contribution in [0.3, 0.4) is 0 Å². The van der Waals surface area contributed by atoms with E-state index in [-0.39, 0.29) is 17.2 Å². The molecule has 7 nitrogen and oxygen atoms in total. The summed E-state index contributed by atoms with van der Waals surface area (Å²) in [6, 6.07) is 14.7. The zero-order valence-corrected chi connectivity index (χ0v) is 19.3. The molecule has 0 radical (unpaired) electrons. The van der Waals surface area contributed by atoms with Gasteiger partial charge in [0.25, 0.3) is 15.9 Å². The number of ether oxygens (including phenoxy) is 1. The van der Waals surface area contributed by atoms with Crippen molar-refractivity contribution < 1.29 is 22.7 Å². The highest BCUT2D eigenvalue weighted by atomic mass is 32.2. The molecule has 0 unspecified atom stereocenters. The maximum Gasteiger partial charge on any atom is 0.408 e. The van der Waals surface area contributed by atoms with E-state index < -0.39 is 33.7 Å². The second-order valence-electron chi connectivity index (χ2n) is 8.69. The Bertz CT molecular complexity index is 995. The first-order chi connectivity index (χ1) is 14.4. The predicted octanol–water partition coefficient (Wildman–Crippen LogP) is 4.10. The predicted molar refractivity (Wildman–Crippen MR) is 120 cm³/mol. The molecule has 1 atom stereocenters. The molecule has 2 amide bonds. The maximum atomic E-state index is 12.7. The van der Waals surface area contributed by atoms with Crippen molar-refractivity contribution in [1.29, 1.82) is 0 Å². The Morgan fingerprint density at radius 3 is 2.00 bits per heavy atom. The molecule has 2 aromatic carbocycles. The summed E-state index contributed by atoms with van der Waals surface area (Å²) < 4.78 is 32.7. The second kappa shape index (κ2) is 9.96. The van der Waals surface area contributed by atoms with E-state index in [4.69, 9.17) is 4.74 Å². The molecule has 2 rings (SSSR count). The molecule has 0 bridgehead atoms. The summed E-state index contributed by atoms with van der Waals surface area (Å²) in [6.07, 6.45) is -0.522. The Kier molecular flexibility index (Phi) is 7.84. The number of alkyl carbamates (subject to hydrolysis) is 1. The number of hydrogen-bond donors (Lipinski definition) is 2. The minimum absolute atomic E-state index is 0.0403. The fraction of sp³-hybridized carbons (Fsp3) is 0.391. The van der Waals surface area contributed by atoms with Crippen molar-refractivity contribution >= 4 is 22.0 Å². The summed E-state index contributed by atoms with van der Waals surface area (Å²) in [5.74, 6) is -0.773. The Morgan fingerprint density at radius 2 is 1.48 bits per heavy atom. The van der Waals surface area contributed by atoms with Crippen molar-refractivity contribution in [3.63, 3.8) is 0 Å². The Morgan fingerprint density at radius 1 is 0.935 bits per heavy atom. The molecular formula is C23H30N2O5S. The molecule has 0 aromatic heterocycles.